The summed E-state index contributed by atoms with van der Waals surface area (Å²) >= 11 is 12.8. The van der Waals surface area contributed by atoms with Gasteiger partial charge in [0.15, 0.2) is 5.82 Å². The number of nitrogens with zero attached hydrogens (tertiary/aromatic N) is 5. The molecule has 2 aliphatic heterocycles. The van der Waals surface area contributed by atoms with Crippen LogP contribution in [0.2, 0.25) is 10.0 Å². The minimum atomic E-state index is -0.558. The third kappa shape index (κ3) is 4.84. The number of piperidine rings is 1. The van der Waals surface area contributed by atoms with Crippen LogP contribution < -0.4 is 10.2 Å². The lowest BCUT2D eigenvalue weighted by atomic mass is 9.73. The molecule has 0 saturated carbocycles. The molecule has 0 radical (unpaired) electrons. The maximum Gasteiger partial charge on any atom is 0.407 e. The number of hydrogen-bond donors (Lipinski definition) is 1. The minimum absolute atomic E-state index is 0.0932. The number of aromatic nitrogens is 4. The minimum Gasteiger partial charge on any atom is -0.444 e. The Morgan fingerprint density at radius 3 is 2.68 bits per heavy atom. The van der Waals surface area contributed by atoms with Crippen LogP contribution in [0.3, 0.4) is 0 Å². The number of carbonyl (C=O) groups excluding carboxylic acids is 1. The summed E-state index contributed by atoms with van der Waals surface area (Å²) in [6, 6.07) is 5.42. The van der Waals surface area contributed by atoms with Gasteiger partial charge in [-0.05, 0) is 53.5 Å². The standard InChI is InChI=1S/C26H32Cl2N6O3/c1-15-20(17-7-6-8-18(27)19(17)28)34-14-29-32-23(34)22(30-15)33-11-9-26(10-12-33)13-36-16(2)21(26)31-24(35)37-25(3,4)5/h6-8,14,16,21H,9-13H2,1-5H3,(H,31,35)/t16-,21+/m0/s1. The van der Waals surface area contributed by atoms with E-state index in [4.69, 9.17) is 37.7 Å². The Hall–Kier alpha value is -2.62. The van der Waals surface area contributed by atoms with Crippen LogP contribution in [0.1, 0.15) is 46.2 Å². The molecular weight excluding hydrogens is 515 g/mol. The Morgan fingerprint density at radius 2 is 1.97 bits per heavy atom. The number of hydrogen-bond acceptors (Lipinski definition) is 7. The van der Waals surface area contributed by atoms with Gasteiger partial charge in [-0.3, -0.25) is 4.40 Å². The van der Waals surface area contributed by atoms with E-state index in [0.29, 0.717) is 22.3 Å². The second-order valence-corrected chi connectivity index (χ2v) is 11.8. The normalized spacial score (nSPS) is 21.5. The molecule has 2 fully saturated rings. The quantitative estimate of drug-likeness (QED) is 0.475. The fraction of sp³-hybridized carbons (Fsp3) is 0.538. The zero-order chi connectivity index (χ0) is 26.5. The van der Waals surface area contributed by atoms with Crippen molar-refractivity contribution in [3.8, 4) is 11.3 Å². The largest absolute Gasteiger partial charge is 0.444 e. The number of aryl methyl sites for hydroxylation is 1. The molecule has 2 aliphatic rings. The van der Waals surface area contributed by atoms with E-state index < -0.39 is 11.7 Å². The highest BCUT2D eigenvalue weighted by molar-refractivity contribution is 6.43. The fourth-order valence-electron chi connectivity index (χ4n) is 5.52. The van der Waals surface area contributed by atoms with E-state index in [0.717, 1.165) is 48.7 Å². The van der Waals surface area contributed by atoms with Crippen molar-refractivity contribution >= 4 is 40.8 Å². The van der Waals surface area contributed by atoms with E-state index in [2.05, 4.69) is 20.4 Å². The van der Waals surface area contributed by atoms with Crippen molar-refractivity contribution in [2.45, 2.75) is 65.2 Å². The highest BCUT2D eigenvalue weighted by Crippen LogP contribution is 2.44. The summed E-state index contributed by atoms with van der Waals surface area (Å²) in [4.78, 5) is 19.8. The van der Waals surface area contributed by atoms with Crippen molar-refractivity contribution in [3.05, 3.63) is 40.3 Å². The van der Waals surface area contributed by atoms with Crippen molar-refractivity contribution in [2.24, 2.45) is 5.41 Å². The van der Waals surface area contributed by atoms with Gasteiger partial charge < -0.3 is 19.7 Å². The van der Waals surface area contributed by atoms with E-state index in [1.54, 1.807) is 12.4 Å². The molecule has 1 N–H and O–H groups in total. The number of amides is 1. The average molecular weight is 547 g/mol. The number of anilines is 1. The monoisotopic (exact) mass is 546 g/mol. The second-order valence-electron chi connectivity index (χ2n) is 11.0. The molecule has 198 valence electrons. The fourth-order valence-corrected chi connectivity index (χ4v) is 5.91. The van der Waals surface area contributed by atoms with Gasteiger partial charge in [-0.2, -0.15) is 0 Å². The van der Waals surface area contributed by atoms with Crippen LogP contribution in [0.15, 0.2) is 24.5 Å². The van der Waals surface area contributed by atoms with E-state index in [9.17, 15) is 4.79 Å². The van der Waals surface area contributed by atoms with Crippen LogP contribution in [0.5, 0.6) is 0 Å². The number of benzene rings is 1. The lowest BCUT2D eigenvalue weighted by Crippen LogP contribution is -2.55. The van der Waals surface area contributed by atoms with Crippen molar-refractivity contribution in [1.29, 1.82) is 0 Å². The third-order valence-corrected chi connectivity index (χ3v) is 8.12. The predicted octanol–water partition coefficient (Wildman–Crippen LogP) is 5.31. The van der Waals surface area contributed by atoms with Crippen LogP contribution in [0.4, 0.5) is 10.6 Å². The number of halogens is 2. The molecule has 3 aromatic rings. The van der Waals surface area contributed by atoms with Crippen LogP contribution >= 0.6 is 23.2 Å². The average Bonchev–Trinajstić information content (AvgIpc) is 3.42. The van der Waals surface area contributed by atoms with Crippen molar-refractivity contribution in [3.63, 3.8) is 0 Å². The summed E-state index contributed by atoms with van der Waals surface area (Å²) in [5, 5.41) is 12.6. The molecule has 11 heteroatoms. The van der Waals surface area contributed by atoms with Gasteiger partial charge in [0, 0.05) is 24.1 Å². The summed E-state index contributed by atoms with van der Waals surface area (Å²) in [7, 11) is 0. The molecule has 5 rings (SSSR count). The molecule has 2 saturated heterocycles. The first-order valence-corrected chi connectivity index (χ1v) is 13.3. The third-order valence-electron chi connectivity index (χ3n) is 7.31. The second kappa shape index (κ2) is 9.60. The van der Waals surface area contributed by atoms with Gasteiger partial charge in [0.25, 0.3) is 0 Å². The zero-order valence-electron chi connectivity index (χ0n) is 21.7. The summed E-state index contributed by atoms with van der Waals surface area (Å²) < 4.78 is 13.5. The Kier molecular flexibility index (Phi) is 6.75. The smallest absolute Gasteiger partial charge is 0.407 e. The van der Waals surface area contributed by atoms with Gasteiger partial charge in [0.05, 0.1) is 40.2 Å². The van der Waals surface area contributed by atoms with Crippen LogP contribution in [-0.4, -0.2) is 63.1 Å². The van der Waals surface area contributed by atoms with Gasteiger partial charge in [-0.25, -0.2) is 9.78 Å². The first-order chi connectivity index (χ1) is 17.5. The van der Waals surface area contributed by atoms with Gasteiger partial charge in [-0.15, -0.1) is 10.2 Å². The molecule has 0 aliphatic carbocycles. The zero-order valence-corrected chi connectivity index (χ0v) is 23.2. The van der Waals surface area contributed by atoms with E-state index in [1.165, 1.54) is 0 Å². The Morgan fingerprint density at radius 1 is 1.24 bits per heavy atom. The van der Waals surface area contributed by atoms with E-state index in [1.807, 2.05) is 51.2 Å². The molecule has 1 amide bonds. The molecule has 0 unspecified atom stereocenters. The Labute approximate surface area is 226 Å². The highest BCUT2D eigenvalue weighted by atomic mass is 35.5. The molecule has 37 heavy (non-hydrogen) atoms. The lowest BCUT2D eigenvalue weighted by Gasteiger charge is -2.43. The summed E-state index contributed by atoms with van der Waals surface area (Å²) in [6.07, 6.45) is 2.85. The number of ether oxygens (including phenoxy) is 2. The summed E-state index contributed by atoms with van der Waals surface area (Å²) in [6.45, 7) is 11.6. The first kappa shape index (κ1) is 26.0. The Bertz CT molecular complexity index is 1330. The number of carbonyl (C=O) groups is 1. The van der Waals surface area contributed by atoms with Crippen molar-refractivity contribution < 1.29 is 14.3 Å². The molecule has 9 nitrogen and oxygen atoms in total. The van der Waals surface area contributed by atoms with Crippen LogP contribution in [0.25, 0.3) is 16.9 Å². The van der Waals surface area contributed by atoms with Gasteiger partial charge >= 0.3 is 6.09 Å². The number of nitrogens with one attached hydrogen (secondary N) is 1. The van der Waals surface area contributed by atoms with E-state index in [-0.39, 0.29) is 17.6 Å². The predicted molar refractivity (Wildman–Crippen MR) is 143 cm³/mol. The van der Waals surface area contributed by atoms with E-state index >= 15 is 0 Å². The van der Waals surface area contributed by atoms with Gasteiger partial charge in [-0.1, -0.05) is 35.3 Å². The molecule has 4 heterocycles. The molecule has 2 aromatic heterocycles. The number of alkyl carbamates (subject to hydrolysis) is 1. The topological polar surface area (TPSA) is 93.9 Å². The molecular formula is C26H32Cl2N6O3. The lowest BCUT2D eigenvalue weighted by molar-refractivity contribution is 0.0434. The molecule has 0 bridgehead atoms. The molecule has 1 aromatic carbocycles. The summed E-state index contributed by atoms with van der Waals surface area (Å²) in [5.41, 5.74) is 2.32. The van der Waals surface area contributed by atoms with Crippen molar-refractivity contribution in [2.75, 3.05) is 24.6 Å². The highest BCUT2D eigenvalue weighted by Gasteiger charge is 2.50. The Balaban J connectivity index is 1.40. The molecule has 2 atom stereocenters. The van der Waals surface area contributed by atoms with Crippen molar-refractivity contribution in [1.82, 2.24) is 24.9 Å². The van der Waals surface area contributed by atoms with Gasteiger partial charge in [0.1, 0.15) is 11.9 Å². The van der Waals surface area contributed by atoms with Crippen LogP contribution in [0, 0.1) is 12.3 Å². The summed E-state index contributed by atoms with van der Waals surface area (Å²) in [5.74, 6) is 0.773. The SMILES string of the molecule is Cc1nc(N2CCC3(CC2)CO[C@@H](C)[C@H]3NC(=O)OC(C)(C)C)c2nncn2c1-c1cccc(Cl)c1Cl. The van der Waals surface area contributed by atoms with Gasteiger partial charge in [0.2, 0.25) is 5.65 Å². The maximum atomic E-state index is 12.6. The number of rotatable bonds is 3. The maximum absolute atomic E-state index is 12.6. The first-order valence-electron chi connectivity index (χ1n) is 12.5. The van der Waals surface area contributed by atoms with Crippen LogP contribution in [-0.2, 0) is 9.47 Å². The number of fused-ring (bicyclic) bond motifs is 1. The molecule has 1 spiro atoms.